The van der Waals surface area contributed by atoms with Crippen molar-refractivity contribution in [2.75, 3.05) is 19.8 Å². The van der Waals surface area contributed by atoms with Gasteiger partial charge in [0.05, 0.1) is 6.61 Å². The zero-order chi connectivity index (χ0) is 13.5. The molecule has 1 amide bonds. The number of halogens is 1. The molecule has 0 bridgehead atoms. The van der Waals surface area contributed by atoms with Gasteiger partial charge >= 0.3 is 5.97 Å². The molecule has 6 heteroatoms. The van der Waals surface area contributed by atoms with Crippen LogP contribution in [0.5, 0.6) is 0 Å². The van der Waals surface area contributed by atoms with Crippen molar-refractivity contribution in [3.8, 4) is 0 Å². The molecule has 1 aromatic carbocycles. The lowest BCUT2D eigenvalue weighted by molar-refractivity contribution is -0.142. The summed E-state index contributed by atoms with van der Waals surface area (Å²) in [5, 5.41) is 10.9. The molecule has 0 saturated heterocycles. The Hall–Kier alpha value is -1.95. The number of aryl methyl sites for hydroxylation is 1. The molecule has 0 saturated carbocycles. The molecular weight excluding hydrogens is 241 g/mol. The SMILES string of the molecule is Cc1cc(F)ccc1C(=O)NCCOCC(=O)O. The lowest BCUT2D eigenvalue weighted by Gasteiger charge is -2.07. The van der Waals surface area contributed by atoms with E-state index in [1.54, 1.807) is 6.92 Å². The summed E-state index contributed by atoms with van der Waals surface area (Å²) in [6.07, 6.45) is 0. The Morgan fingerprint density at radius 3 is 2.78 bits per heavy atom. The Balaban J connectivity index is 2.39. The van der Waals surface area contributed by atoms with E-state index < -0.39 is 18.4 Å². The largest absolute Gasteiger partial charge is 0.480 e. The van der Waals surface area contributed by atoms with E-state index in [0.717, 1.165) is 0 Å². The van der Waals surface area contributed by atoms with Gasteiger partial charge in [0.1, 0.15) is 12.4 Å². The number of carbonyl (C=O) groups excluding carboxylic acids is 1. The van der Waals surface area contributed by atoms with Gasteiger partial charge in [0.25, 0.3) is 5.91 Å². The smallest absolute Gasteiger partial charge is 0.329 e. The van der Waals surface area contributed by atoms with Gasteiger partial charge in [0.2, 0.25) is 0 Å². The van der Waals surface area contributed by atoms with Crippen LogP contribution in [0.25, 0.3) is 0 Å². The normalized spacial score (nSPS) is 10.1. The maximum atomic E-state index is 12.8. The van der Waals surface area contributed by atoms with E-state index in [-0.39, 0.29) is 19.1 Å². The fourth-order valence-corrected chi connectivity index (χ4v) is 1.37. The second kappa shape index (κ2) is 6.70. The van der Waals surface area contributed by atoms with E-state index in [1.807, 2.05) is 0 Å². The van der Waals surface area contributed by atoms with Crippen LogP contribution in [0.15, 0.2) is 18.2 Å². The molecule has 0 atom stereocenters. The average molecular weight is 255 g/mol. The fraction of sp³-hybridized carbons (Fsp3) is 0.333. The molecular formula is C12H14FNO4. The number of hydrogen-bond donors (Lipinski definition) is 2. The number of ether oxygens (including phenoxy) is 1. The summed E-state index contributed by atoms with van der Waals surface area (Å²) in [5.41, 5.74) is 0.925. The molecule has 18 heavy (non-hydrogen) atoms. The predicted octanol–water partition coefficient (Wildman–Crippen LogP) is 0.965. The predicted molar refractivity (Wildman–Crippen MR) is 61.9 cm³/mol. The van der Waals surface area contributed by atoms with Crippen molar-refractivity contribution >= 4 is 11.9 Å². The van der Waals surface area contributed by atoms with Gasteiger partial charge in [-0.2, -0.15) is 0 Å². The lowest BCUT2D eigenvalue weighted by Crippen LogP contribution is -2.28. The van der Waals surface area contributed by atoms with E-state index in [4.69, 9.17) is 9.84 Å². The van der Waals surface area contributed by atoms with E-state index in [2.05, 4.69) is 5.32 Å². The van der Waals surface area contributed by atoms with Crippen molar-refractivity contribution in [2.45, 2.75) is 6.92 Å². The zero-order valence-electron chi connectivity index (χ0n) is 9.90. The zero-order valence-corrected chi connectivity index (χ0v) is 9.90. The lowest BCUT2D eigenvalue weighted by atomic mass is 10.1. The van der Waals surface area contributed by atoms with Gasteiger partial charge in [-0.25, -0.2) is 9.18 Å². The molecule has 0 aliphatic carbocycles. The number of rotatable bonds is 6. The van der Waals surface area contributed by atoms with Gasteiger partial charge in [-0.15, -0.1) is 0 Å². The highest BCUT2D eigenvalue weighted by molar-refractivity contribution is 5.95. The summed E-state index contributed by atoms with van der Waals surface area (Å²) in [6, 6.07) is 3.89. The molecule has 2 N–H and O–H groups in total. The first-order valence-corrected chi connectivity index (χ1v) is 5.34. The summed E-state index contributed by atoms with van der Waals surface area (Å²) in [5.74, 6) is -1.80. The van der Waals surface area contributed by atoms with Crippen molar-refractivity contribution in [1.82, 2.24) is 5.32 Å². The molecule has 0 aliphatic rings. The van der Waals surface area contributed by atoms with Crippen LogP contribution < -0.4 is 5.32 Å². The minimum absolute atomic E-state index is 0.109. The van der Waals surface area contributed by atoms with Crippen LogP contribution in [-0.2, 0) is 9.53 Å². The Bertz CT molecular complexity index is 448. The number of carboxylic acid groups (broad SMARTS) is 1. The standard InChI is InChI=1S/C12H14FNO4/c1-8-6-9(13)2-3-10(8)12(17)14-4-5-18-7-11(15)16/h2-3,6H,4-5,7H2,1H3,(H,14,17)(H,15,16). The molecule has 5 nitrogen and oxygen atoms in total. The highest BCUT2D eigenvalue weighted by Gasteiger charge is 2.08. The summed E-state index contributed by atoms with van der Waals surface area (Å²) >= 11 is 0. The number of benzene rings is 1. The number of carbonyl (C=O) groups is 2. The highest BCUT2D eigenvalue weighted by Crippen LogP contribution is 2.09. The minimum atomic E-state index is -1.06. The molecule has 0 aliphatic heterocycles. The van der Waals surface area contributed by atoms with Crippen LogP contribution in [0, 0.1) is 12.7 Å². The first kappa shape index (κ1) is 14.1. The van der Waals surface area contributed by atoms with Gasteiger partial charge in [0.15, 0.2) is 0 Å². The van der Waals surface area contributed by atoms with E-state index in [0.29, 0.717) is 11.1 Å². The van der Waals surface area contributed by atoms with Gasteiger partial charge in [-0.1, -0.05) is 0 Å². The third-order valence-corrected chi connectivity index (χ3v) is 2.19. The first-order valence-electron chi connectivity index (χ1n) is 5.34. The highest BCUT2D eigenvalue weighted by atomic mass is 19.1. The maximum Gasteiger partial charge on any atom is 0.329 e. The van der Waals surface area contributed by atoms with Gasteiger partial charge in [0, 0.05) is 12.1 Å². The third-order valence-electron chi connectivity index (χ3n) is 2.19. The van der Waals surface area contributed by atoms with Crippen molar-refractivity contribution in [3.63, 3.8) is 0 Å². The molecule has 1 rings (SSSR count). The van der Waals surface area contributed by atoms with E-state index in [1.165, 1.54) is 18.2 Å². The summed E-state index contributed by atoms with van der Waals surface area (Å²) in [6.45, 7) is 1.55. The van der Waals surface area contributed by atoms with Crippen LogP contribution in [0.3, 0.4) is 0 Å². The number of nitrogens with one attached hydrogen (secondary N) is 1. The van der Waals surface area contributed by atoms with Gasteiger partial charge in [-0.05, 0) is 30.7 Å². The molecule has 0 radical (unpaired) electrons. The third kappa shape index (κ3) is 4.50. The van der Waals surface area contributed by atoms with E-state index >= 15 is 0 Å². The van der Waals surface area contributed by atoms with Crippen molar-refractivity contribution < 1.29 is 23.8 Å². The fourth-order valence-electron chi connectivity index (χ4n) is 1.37. The first-order chi connectivity index (χ1) is 8.50. The van der Waals surface area contributed by atoms with Crippen molar-refractivity contribution in [2.24, 2.45) is 0 Å². The van der Waals surface area contributed by atoms with Crippen LogP contribution in [0.4, 0.5) is 4.39 Å². The number of hydrogen-bond acceptors (Lipinski definition) is 3. The molecule has 0 heterocycles. The molecule has 1 aromatic rings. The minimum Gasteiger partial charge on any atom is -0.480 e. The summed E-state index contributed by atoms with van der Waals surface area (Å²) in [4.78, 5) is 21.8. The quantitative estimate of drug-likeness (QED) is 0.742. The molecule has 0 unspecified atom stereocenters. The summed E-state index contributed by atoms with van der Waals surface area (Å²) in [7, 11) is 0. The van der Waals surface area contributed by atoms with Gasteiger partial charge < -0.3 is 15.2 Å². The van der Waals surface area contributed by atoms with Crippen LogP contribution >= 0.6 is 0 Å². The Morgan fingerprint density at radius 2 is 2.17 bits per heavy atom. The average Bonchev–Trinajstić information content (AvgIpc) is 2.27. The van der Waals surface area contributed by atoms with Crippen molar-refractivity contribution in [1.29, 1.82) is 0 Å². The second-order valence-electron chi connectivity index (χ2n) is 3.66. The Morgan fingerprint density at radius 1 is 1.44 bits per heavy atom. The topological polar surface area (TPSA) is 75.6 Å². The maximum absolute atomic E-state index is 12.8. The van der Waals surface area contributed by atoms with Crippen molar-refractivity contribution in [3.05, 3.63) is 35.1 Å². The summed E-state index contributed by atoms with van der Waals surface area (Å²) < 4.78 is 17.6. The molecule has 0 fully saturated rings. The van der Waals surface area contributed by atoms with Crippen LogP contribution in [-0.4, -0.2) is 36.7 Å². The number of amides is 1. The molecule has 0 aromatic heterocycles. The van der Waals surface area contributed by atoms with E-state index in [9.17, 15) is 14.0 Å². The molecule has 0 spiro atoms. The molecule has 98 valence electrons. The Labute approximate surface area is 104 Å². The monoisotopic (exact) mass is 255 g/mol. The number of aliphatic carboxylic acids is 1. The van der Waals surface area contributed by atoms with Gasteiger partial charge in [-0.3, -0.25) is 4.79 Å². The number of carboxylic acids is 1. The van der Waals surface area contributed by atoms with Crippen LogP contribution in [0.1, 0.15) is 15.9 Å². The Kier molecular flexibility index (Phi) is 5.26. The van der Waals surface area contributed by atoms with Crippen LogP contribution in [0.2, 0.25) is 0 Å². The second-order valence-corrected chi connectivity index (χ2v) is 3.66.